The second-order valence-electron chi connectivity index (χ2n) is 4.51. The van der Waals surface area contributed by atoms with Crippen molar-refractivity contribution in [1.29, 1.82) is 0 Å². The summed E-state index contributed by atoms with van der Waals surface area (Å²) in [6, 6.07) is 12.0. The first kappa shape index (κ1) is 13.6. The monoisotopic (exact) mass is 256 g/mol. The van der Waals surface area contributed by atoms with Gasteiger partial charge in [0.1, 0.15) is 5.75 Å². The summed E-state index contributed by atoms with van der Waals surface area (Å²) in [5.74, 6) is 0.890. The van der Waals surface area contributed by atoms with Gasteiger partial charge < -0.3 is 10.5 Å². The average Bonchev–Trinajstić information content (AvgIpc) is 2.48. The Kier molecular flexibility index (Phi) is 4.93. The summed E-state index contributed by atoms with van der Waals surface area (Å²) in [4.78, 5) is 4.09. The maximum Gasteiger partial charge on any atom is 0.124 e. The molecule has 2 N–H and O–H groups in total. The zero-order chi connectivity index (χ0) is 13.5. The largest absolute Gasteiger partial charge is 0.493 e. The fourth-order valence-electron chi connectivity index (χ4n) is 1.96. The number of ether oxygens (including phenoxy) is 1. The Balaban J connectivity index is 1.96. The fourth-order valence-corrected chi connectivity index (χ4v) is 1.96. The van der Waals surface area contributed by atoms with Gasteiger partial charge in [0.05, 0.1) is 6.61 Å². The Bertz CT molecular complexity index is 499. The molecule has 0 unspecified atom stereocenters. The van der Waals surface area contributed by atoms with Crippen LogP contribution in [0.15, 0.2) is 48.8 Å². The number of benzene rings is 1. The van der Waals surface area contributed by atoms with Crippen molar-refractivity contribution in [2.45, 2.75) is 25.8 Å². The molecule has 1 atom stereocenters. The van der Waals surface area contributed by atoms with E-state index in [1.807, 2.05) is 36.5 Å². The number of aromatic nitrogens is 1. The molecule has 0 aliphatic carbocycles. The predicted molar refractivity (Wildman–Crippen MR) is 77.1 cm³/mol. The van der Waals surface area contributed by atoms with Crippen LogP contribution < -0.4 is 10.5 Å². The molecule has 1 aromatic heterocycles. The standard InChI is InChI=1S/C16H20N2O/c1-2-15(17)14-7-3-4-8-16(14)19-11-9-13-6-5-10-18-12-13/h3-8,10,12,15H,2,9,11,17H2,1H3/t15-/m0/s1. The van der Waals surface area contributed by atoms with Gasteiger partial charge in [0.15, 0.2) is 0 Å². The third-order valence-electron chi connectivity index (χ3n) is 3.13. The van der Waals surface area contributed by atoms with E-state index in [-0.39, 0.29) is 6.04 Å². The average molecular weight is 256 g/mol. The van der Waals surface area contributed by atoms with E-state index in [1.165, 1.54) is 5.56 Å². The molecule has 0 saturated heterocycles. The molecule has 0 fully saturated rings. The highest BCUT2D eigenvalue weighted by Gasteiger charge is 2.09. The summed E-state index contributed by atoms with van der Waals surface area (Å²) in [6.07, 6.45) is 5.40. The molecule has 2 rings (SSSR count). The summed E-state index contributed by atoms with van der Waals surface area (Å²) in [5.41, 5.74) is 8.35. The van der Waals surface area contributed by atoms with Gasteiger partial charge in [0.25, 0.3) is 0 Å². The van der Waals surface area contributed by atoms with Crippen LogP contribution in [-0.2, 0) is 6.42 Å². The number of para-hydroxylation sites is 1. The summed E-state index contributed by atoms with van der Waals surface area (Å²) in [6.45, 7) is 2.72. The highest BCUT2D eigenvalue weighted by atomic mass is 16.5. The van der Waals surface area contributed by atoms with Gasteiger partial charge in [-0.05, 0) is 24.1 Å². The Morgan fingerprint density at radius 1 is 1.21 bits per heavy atom. The van der Waals surface area contributed by atoms with E-state index < -0.39 is 0 Å². The molecule has 100 valence electrons. The lowest BCUT2D eigenvalue weighted by atomic mass is 10.0. The quantitative estimate of drug-likeness (QED) is 0.864. The first-order valence-electron chi connectivity index (χ1n) is 6.67. The molecule has 1 heterocycles. The number of nitrogens with zero attached hydrogens (tertiary/aromatic N) is 1. The van der Waals surface area contributed by atoms with Crippen LogP contribution in [-0.4, -0.2) is 11.6 Å². The van der Waals surface area contributed by atoms with Crippen molar-refractivity contribution in [3.63, 3.8) is 0 Å². The van der Waals surface area contributed by atoms with Crippen LogP contribution in [0.25, 0.3) is 0 Å². The smallest absolute Gasteiger partial charge is 0.124 e. The van der Waals surface area contributed by atoms with Crippen molar-refractivity contribution in [1.82, 2.24) is 4.98 Å². The lowest BCUT2D eigenvalue weighted by molar-refractivity contribution is 0.316. The summed E-state index contributed by atoms with van der Waals surface area (Å²) in [5, 5.41) is 0. The van der Waals surface area contributed by atoms with Gasteiger partial charge in [-0.2, -0.15) is 0 Å². The van der Waals surface area contributed by atoms with E-state index >= 15 is 0 Å². The third kappa shape index (κ3) is 3.80. The minimum atomic E-state index is 0.0367. The van der Waals surface area contributed by atoms with Crippen LogP contribution in [0.4, 0.5) is 0 Å². The van der Waals surface area contributed by atoms with Gasteiger partial charge in [-0.1, -0.05) is 31.2 Å². The lowest BCUT2D eigenvalue weighted by Crippen LogP contribution is -2.11. The molecular formula is C16H20N2O. The maximum atomic E-state index is 6.09. The molecule has 0 spiro atoms. The van der Waals surface area contributed by atoms with Gasteiger partial charge in [-0.25, -0.2) is 0 Å². The molecule has 0 aliphatic heterocycles. The molecule has 0 saturated carbocycles. The molecule has 3 heteroatoms. The number of pyridine rings is 1. The van der Waals surface area contributed by atoms with E-state index in [2.05, 4.69) is 18.0 Å². The number of hydrogen-bond donors (Lipinski definition) is 1. The topological polar surface area (TPSA) is 48.1 Å². The van der Waals surface area contributed by atoms with Crippen LogP contribution >= 0.6 is 0 Å². The molecule has 19 heavy (non-hydrogen) atoms. The molecule has 2 aromatic rings. The Morgan fingerprint density at radius 2 is 2.05 bits per heavy atom. The Hall–Kier alpha value is -1.87. The molecule has 0 radical (unpaired) electrons. The minimum absolute atomic E-state index is 0.0367. The predicted octanol–water partition coefficient (Wildman–Crippen LogP) is 3.11. The molecule has 3 nitrogen and oxygen atoms in total. The molecule has 0 aliphatic rings. The first-order valence-corrected chi connectivity index (χ1v) is 6.67. The van der Waals surface area contributed by atoms with E-state index in [1.54, 1.807) is 6.20 Å². The summed E-state index contributed by atoms with van der Waals surface area (Å²) in [7, 11) is 0. The van der Waals surface area contributed by atoms with Crippen molar-refractivity contribution < 1.29 is 4.74 Å². The third-order valence-corrected chi connectivity index (χ3v) is 3.13. The first-order chi connectivity index (χ1) is 9.31. The van der Waals surface area contributed by atoms with E-state index in [9.17, 15) is 0 Å². The van der Waals surface area contributed by atoms with Gasteiger partial charge in [0, 0.05) is 30.4 Å². The fraction of sp³-hybridized carbons (Fsp3) is 0.312. The van der Waals surface area contributed by atoms with Crippen molar-refractivity contribution in [2.24, 2.45) is 5.73 Å². The minimum Gasteiger partial charge on any atom is -0.493 e. The van der Waals surface area contributed by atoms with Crippen LogP contribution in [0.1, 0.15) is 30.5 Å². The zero-order valence-electron chi connectivity index (χ0n) is 11.3. The van der Waals surface area contributed by atoms with Gasteiger partial charge >= 0.3 is 0 Å². The van der Waals surface area contributed by atoms with Crippen molar-refractivity contribution in [2.75, 3.05) is 6.61 Å². The van der Waals surface area contributed by atoms with E-state index in [0.717, 1.165) is 24.2 Å². The SMILES string of the molecule is CC[C@H](N)c1ccccc1OCCc1cccnc1. The normalized spacial score (nSPS) is 12.1. The van der Waals surface area contributed by atoms with Crippen LogP contribution in [0.5, 0.6) is 5.75 Å². The van der Waals surface area contributed by atoms with E-state index in [4.69, 9.17) is 10.5 Å². The highest BCUT2D eigenvalue weighted by molar-refractivity contribution is 5.35. The summed E-state index contributed by atoms with van der Waals surface area (Å²) < 4.78 is 5.86. The second kappa shape index (κ2) is 6.90. The van der Waals surface area contributed by atoms with E-state index in [0.29, 0.717) is 6.61 Å². The van der Waals surface area contributed by atoms with Crippen LogP contribution in [0.3, 0.4) is 0 Å². The van der Waals surface area contributed by atoms with Gasteiger partial charge in [-0.15, -0.1) is 0 Å². The molecular weight excluding hydrogens is 236 g/mol. The highest BCUT2D eigenvalue weighted by Crippen LogP contribution is 2.25. The zero-order valence-corrected chi connectivity index (χ0v) is 11.3. The lowest BCUT2D eigenvalue weighted by Gasteiger charge is -2.15. The number of nitrogens with two attached hydrogens (primary N) is 1. The Morgan fingerprint density at radius 3 is 2.79 bits per heavy atom. The Labute approximate surface area is 114 Å². The number of hydrogen-bond acceptors (Lipinski definition) is 3. The molecule has 0 amide bonds. The molecule has 0 bridgehead atoms. The molecule has 1 aromatic carbocycles. The number of rotatable bonds is 6. The van der Waals surface area contributed by atoms with Crippen LogP contribution in [0.2, 0.25) is 0 Å². The second-order valence-corrected chi connectivity index (χ2v) is 4.51. The van der Waals surface area contributed by atoms with Crippen molar-refractivity contribution >= 4 is 0 Å². The van der Waals surface area contributed by atoms with Crippen LogP contribution in [0, 0.1) is 0 Å². The van der Waals surface area contributed by atoms with Gasteiger partial charge in [0.2, 0.25) is 0 Å². The van der Waals surface area contributed by atoms with Crippen molar-refractivity contribution in [3.05, 3.63) is 59.9 Å². The summed E-state index contributed by atoms with van der Waals surface area (Å²) >= 11 is 0. The van der Waals surface area contributed by atoms with Gasteiger partial charge in [-0.3, -0.25) is 4.98 Å². The maximum absolute atomic E-state index is 6.09. The van der Waals surface area contributed by atoms with Crippen molar-refractivity contribution in [3.8, 4) is 5.75 Å².